The van der Waals surface area contributed by atoms with Crippen LogP contribution in [-0.4, -0.2) is 64.7 Å². The average Bonchev–Trinajstić information content (AvgIpc) is 3.17. The fraction of sp³-hybridized carbons (Fsp3) is 0.333. The highest BCUT2D eigenvalue weighted by molar-refractivity contribution is 6.04. The summed E-state index contributed by atoms with van der Waals surface area (Å²) in [4.78, 5) is 31.6. The maximum Gasteiger partial charge on any atom is 0.269 e. The van der Waals surface area contributed by atoms with Crippen LogP contribution in [0.5, 0.6) is 0 Å². The molecule has 2 aromatic heterocycles. The predicted octanol–water partition coefficient (Wildman–Crippen LogP) is 1.20. The molecular weight excluding hydrogens is 401 g/mol. The Morgan fingerprint density at radius 2 is 2.03 bits per heavy atom. The third kappa shape index (κ3) is 3.59. The summed E-state index contributed by atoms with van der Waals surface area (Å²) >= 11 is 0. The van der Waals surface area contributed by atoms with E-state index in [4.69, 9.17) is 0 Å². The Morgan fingerprint density at radius 3 is 2.77 bits per heavy atom. The van der Waals surface area contributed by atoms with Gasteiger partial charge in [-0.2, -0.15) is 9.49 Å². The maximum absolute atomic E-state index is 14.5. The largest absolute Gasteiger partial charge is 0.365 e. The normalized spacial score (nSPS) is 16.5. The van der Waals surface area contributed by atoms with Gasteiger partial charge in [0.1, 0.15) is 12.2 Å². The lowest BCUT2D eigenvalue weighted by Crippen LogP contribution is -2.46. The zero-order valence-corrected chi connectivity index (χ0v) is 17.1. The number of carbonyl (C=O) groups is 2. The second kappa shape index (κ2) is 7.62. The molecule has 0 atom stereocenters. The van der Waals surface area contributed by atoms with Crippen molar-refractivity contribution in [2.45, 2.75) is 13.1 Å². The van der Waals surface area contributed by atoms with Gasteiger partial charge in [-0.3, -0.25) is 19.2 Å². The van der Waals surface area contributed by atoms with E-state index in [0.717, 1.165) is 41.8 Å². The summed E-state index contributed by atoms with van der Waals surface area (Å²) in [5.74, 6) is -1.11. The molecule has 1 saturated heterocycles. The second-order valence-corrected chi connectivity index (χ2v) is 7.78. The van der Waals surface area contributed by atoms with E-state index in [2.05, 4.69) is 31.7 Å². The first kappa shape index (κ1) is 19.4. The number of hydrogen-bond donors (Lipinski definition) is 2. The molecule has 1 aromatic carbocycles. The smallest absolute Gasteiger partial charge is 0.269 e. The molecule has 2 N–H and O–H groups in total. The Hall–Kier alpha value is -3.53. The van der Waals surface area contributed by atoms with Crippen LogP contribution in [0.15, 0.2) is 30.5 Å². The van der Waals surface area contributed by atoms with E-state index in [0.29, 0.717) is 18.8 Å². The number of pyridine rings is 1. The summed E-state index contributed by atoms with van der Waals surface area (Å²) in [5.41, 5.74) is 3.33. The van der Waals surface area contributed by atoms with Crippen LogP contribution in [0, 0.1) is 5.95 Å². The quantitative estimate of drug-likeness (QED) is 0.613. The minimum Gasteiger partial charge on any atom is -0.365 e. The van der Waals surface area contributed by atoms with Gasteiger partial charge in [0.15, 0.2) is 0 Å². The summed E-state index contributed by atoms with van der Waals surface area (Å²) in [5, 5.41) is 10.7. The number of piperazine rings is 1. The van der Waals surface area contributed by atoms with Crippen LogP contribution >= 0.6 is 0 Å². The lowest BCUT2D eigenvalue weighted by Gasteiger charge is -2.36. The topological polar surface area (TPSA) is 95.4 Å². The summed E-state index contributed by atoms with van der Waals surface area (Å²) in [6.07, 6.45) is 1.79. The molecule has 10 heteroatoms. The number of aromatic nitrogens is 3. The number of halogens is 1. The van der Waals surface area contributed by atoms with Gasteiger partial charge in [-0.15, -0.1) is 0 Å². The van der Waals surface area contributed by atoms with Gasteiger partial charge in [-0.1, -0.05) is 0 Å². The zero-order chi connectivity index (χ0) is 21.5. The van der Waals surface area contributed by atoms with Crippen LogP contribution in [-0.2, 0) is 17.9 Å². The Balaban J connectivity index is 1.27. The number of amides is 2. The lowest BCUT2D eigenvalue weighted by atomic mass is 10.1. The molecule has 1 fully saturated rings. The molecular formula is C21H22FN7O2. The Labute approximate surface area is 177 Å². The Bertz CT molecular complexity index is 1180. The number of nitrogens with one attached hydrogen (secondary N) is 2. The molecule has 0 aliphatic carbocycles. The highest BCUT2D eigenvalue weighted by atomic mass is 19.1. The van der Waals surface area contributed by atoms with Crippen molar-refractivity contribution in [3.05, 3.63) is 47.7 Å². The van der Waals surface area contributed by atoms with Gasteiger partial charge < -0.3 is 15.5 Å². The van der Waals surface area contributed by atoms with Crippen LogP contribution in [0.4, 0.5) is 15.8 Å². The van der Waals surface area contributed by atoms with E-state index >= 15 is 0 Å². The number of carbonyl (C=O) groups excluding carboxylic acids is 2. The molecule has 0 spiro atoms. The van der Waals surface area contributed by atoms with Gasteiger partial charge in [-0.25, -0.2) is 4.98 Å². The molecule has 3 aromatic rings. The molecule has 9 nitrogen and oxygen atoms in total. The molecule has 0 bridgehead atoms. The summed E-state index contributed by atoms with van der Waals surface area (Å²) < 4.78 is 16.2. The predicted molar refractivity (Wildman–Crippen MR) is 113 cm³/mol. The SMILES string of the molecule is CNC(=O)c1ccc(N2CCN(Cc3cc4c5c(cnn5CC(=O)N4)c3)CC2)c(F)n1. The van der Waals surface area contributed by atoms with Gasteiger partial charge in [0.05, 0.1) is 23.1 Å². The number of benzene rings is 1. The van der Waals surface area contributed by atoms with Crippen LogP contribution in [0.3, 0.4) is 0 Å². The highest BCUT2D eigenvalue weighted by Gasteiger charge is 2.23. The van der Waals surface area contributed by atoms with E-state index in [1.54, 1.807) is 23.0 Å². The summed E-state index contributed by atoms with van der Waals surface area (Å²) in [6, 6.07) is 7.26. The molecule has 4 heterocycles. The van der Waals surface area contributed by atoms with Crippen LogP contribution in [0.25, 0.3) is 10.9 Å². The summed E-state index contributed by atoms with van der Waals surface area (Å²) in [7, 11) is 1.49. The Kier molecular flexibility index (Phi) is 4.78. The van der Waals surface area contributed by atoms with Crippen LogP contribution in [0.2, 0.25) is 0 Å². The van der Waals surface area contributed by atoms with Crippen LogP contribution in [0.1, 0.15) is 16.1 Å². The molecule has 2 amide bonds. The van der Waals surface area contributed by atoms with Gasteiger partial charge in [0, 0.05) is 45.2 Å². The first-order valence-electron chi connectivity index (χ1n) is 10.2. The van der Waals surface area contributed by atoms with Gasteiger partial charge >= 0.3 is 0 Å². The van der Waals surface area contributed by atoms with Gasteiger partial charge in [0.2, 0.25) is 11.9 Å². The van der Waals surface area contributed by atoms with Crippen molar-refractivity contribution in [2.75, 3.05) is 43.4 Å². The third-order valence-electron chi connectivity index (χ3n) is 5.77. The fourth-order valence-corrected chi connectivity index (χ4v) is 4.25. The standard InChI is InChI=1S/C21H22FN7O2/c1-23-21(31)15-2-3-17(20(22)26-15)28-6-4-27(5-7-28)11-13-8-14-10-24-29-12-18(30)25-16(9-13)19(14)29/h2-3,8-10H,4-7,11-12H2,1H3,(H,23,31)(H,25,30). The number of hydrogen-bond acceptors (Lipinski definition) is 6. The first-order chi connectivity index (χ1) is 15.0. The maximum atomic E-state index is 14.5. The first-order valence-corrected chi connectivity index (χ1v) is 10.2. The molecule has 0 unspecified atom stereocenters. The minimum absolute atomic E-state index is 0.0668. The number of nitrogens with zero attached hydrogens (tertiary/aromatic N) is 5. The highest BCUT2D eigenvalue weighted by Crippen LogP contribution is 2.29. The monoisotopic (exact) mass is 423 g/mol. The van der Waals surface area contributed by atoms with Crippen molar-refractivity contribution in [1.82, 2.24) is 25.0 Å². The second-order valence-electron chi connectivity index (χ2n) is 7.78. The number of anilines is 2. The van der Waals surface area contributed by atoms with Crippen LogP contribution < -0.4 is 15.5 Å². The fourth-order valence-electron chi connectivity index (χ4n) is 4.25. The molecule has 0 saturated carbocycles. The van der Waals surface area contributed by atoms with Crippen molar-refractivity contribution in [3.63, 3.8) is 0 Å². The average molecular weight is 423 g/mol. The molecule has 5 rings (SSSR count). The summed E-state index contributed by atoms with van der Waals surface area (Å²) in [6.45, 7) is 3.80. The van der Waals surface area contributed by atoms with E-state index in [-0.39, 0.29) is 18.1 Å². The van der Waals surface area contributed by atoms with E-state index in [1.165, 1.54) is 7.05 Å². The molecule has 0 radical (unpaired) electrons. The van der Waals surface area contributed by atoms with Crippen molar-refractivity contribution in [1.29, 1.82) is 0 Å². The van der Waals surface area contributed by atoms with E-state index in [1.807, 2.05) is 11.0 Å². The minimum atomic E-state index is -0.633. The zero-order valence-electron chi connectivity index (χ0n) is 17.1. The van der Waals surface area contributed by atoms with Gasteiger partial charge in [-0.05, 0) is 29.8 Å². The number of rotatable bonds is 4. The molecule has 2 aliphatic rings. The van der Waals surface area contributed by atoms with Crippen molar-refractivity contribution in [3.8, 4) is 0 Å². The van der Waals surface area contributed by atoms with Gasteiger partial charge in [0.25, 0.3) is 5.91 Å². The molecule has 160 valence electrons. The third-order valence-corrected chi connectivity index (χ3v) is 5.77. The lowest BCUT2D eigenvalue weighted by molar-refractivity contribution is -0.117. The molecule has 2 aliphatic heterocycles. The van der Waals surface area contributed by atoms with Crippen molar-refractivity contribution < 1.29 is 14.0 Å². The van der Waals surface area contributed by atoms with E-state index < -0.39 is 11.9 Å². The Morgan fingerprint density at radius 1 is 1.23 bits per heavy atom. The van der Waals surface area contributed by atoms with E-state index in [9.17, 15) is 14.0 Å². The van der Waals surface area contributed by atoms with Crippen molar-refractivity contribution in [2.24, 2.45) is 0 Å². The van der Waals surface area contributed by atoms with Crippen molar-refractivity contribution >= 4 is 34.1 Å². The molecule has 31 heavy (non-hydrogen) atoms.